The van der Waals surface area contributed by atoms with Gasteiger partial charge < -0.3 is 10.2 Å². The van der Waals surface area contributed by atoms with Gasteiger partial charge in [0.15, 0.2) is 0 Å². The van der Waals surface area contributed by atoms with Crippen molar-refractivity contribution in [3.63, 3.8) is 0 Å². The zero-order chi connectivity index (χ0) is 14.4. The van der Waals surface area contributed by atoms with Crippen molar-refractivity contribution in [2.24, 2.45) is 0 Å². The molecule has 0 atom stereocenters. The molecule has 0 unspecified atom stereocenters. The number of benzene rings is 1. The van der Waals surface area contributed by atoms with Gasteiger partial charge in [-0.2, -0.15) is 11.8 Å². The van der Waals surface area contributed by atoms with Crippen molar-refractivity contribution in [1.82, 2.24) is 5.32 Å². The molecule has 2 nitrogen and oxygen atoms in total. The van der Waals surface area contributed by atoms with Crippen LogP contribution in [0.3, 0.4) is 0 Å². The highest BCUT2D eigenvalue weighted by Crippen LogP contribution is 2.29. The van der Waals surface area contributed by atoms with Crippen LogP contribution in [0.5, 0.6) is 0 Å². The first-order valence-corrected chi connectivity index (χ1v) is 9.21. The summed E-state index contributed by atoms with van der Waals surface area (Å²) < 4.78 is 0. The van der Waals surface area contributed by atoms with E-state index in [9.17, 15) is 0 Å². The maximum absolute atomic E-state index is 3.82. The Morgan fingerprint density at radius 3 is 2.70 bits per heavy atom. The Hall–Kier alpha value is -0.670. The lowest BCUT2D eigenvalue weighted by atomic mass is 9.92. The lowest BCUT2D eigenvalue weighted by Crippen LogP contribution is -2.51. The van der Waals surface area contributed by atoms with Gasteiger partial charge in [-0.25, -0.2) is 0 Å². The molecule has 1 aromatic carbocycles. The number of thioether (sulfide) groups is 1. The van der Waals surface area contributed by atoms with E-state index in [2.05, 4.69) is 54.6 Å². The van der Waals surface area contributed by atoms with Crippen LogP contribution in [-0.4, -0.2) is 30.6 Å². The van der Waals surface area contributed by atoms with Crippen molar-refractivity contribution in [3.8, 4) is 0 Å². The standard InChI is InChI=1S/C17H28N2S/c1-4-17(5-2)14-19(11-8-12-20-3)16-10-7-6-9-15(16)13-18-17/h6-7,9-10,18H,4-5,8,11-14H2,1-3H3. The Balaban J connectivity index is 2.22. The van der Waals surface area contributed by atoms with Gasteiger partial charge in [0.1, 0.15) is 0 Å². The molecule has 0 saturated carbocycles. The number of rotatable bonds is 6. The fraction of sp³-hybridized carbons (Fsp3) is 0.647. The zero-order valence-corrected chi connectivity index (χ0v) is 13.9. The molecule has 0 radical (unpaired) electrons. The van der Waals surface area contributed by atoms with E-state index in [1.807, 2.05) is 11.8 Å². The van der Waals surface area contributed by atoms with Gasteiger partial charge in [0, 0.05) is 30.9 Å². The summed E-state index contributed by atoms with van der Waals surface area (Å²) in [4.78, 5) is 2.61. The van der Waals surface area contributed by atoms with E-state index in [4.69, 9.17) is 0 Å². The lowest BCUT2D eigenvalue weighted by Gasteiger charge is -2.36. The Kier molecular flexibility index (Phi) is 5.79. The van der Waals surface area contributed by atoms with Crippen LogP contribution in [-0.2, 0) is 6.54 Å². The number of anilines is 1. The van der Waals surface area contributed by atoms with E-state index in [0.717, 1.165) is 13.1 Å². The highest BCUT2D eigenvalue weighted by molar-refractivity contribution is 7.98. The predicted molar refractivity (Wildman–Crippen MR) is 91.8 cm³/mol. The van der Waals surface area contributed by atoms with Crippen molar-refractivity contribution in [3.05, 3.63) is 29.8 Å². The summed E-state index contributed by atoms with van der Waals surface area (Å²) in [5.74, 6) is 1.25. The fourth-order valence-electron chi connectivity index (χ4n) is 3.08. The van der Waals surface area contributed by atoms with Crippen LogP contribution < -0.4 is 10.2 Å². The Morgan fingerprint density at radius 1 is 1.25 bits per heavy atom. The van der Waals surface area contributed by atoms with E-state index in [1.165, 1.54) is 42.8 Å². The summed E-state index contributed by atoms with van der Waals surface area (Å²) in [6.07, 6.45) is 5.84. The SMILES string of the molecule is CCC1(CC)CN(CCCSC)c2ccccc2CN1. The first-order valence-electron chi connectivity index (χ1n) is 7.81. The smallest absolute Gasteiger partial charge is 0.0412 e. The molecule has 112 valence electrons. The molecule has 1 aromatic rings. The summed E-state index contributed by atoms with van der Waals surface area (Å²) in [7, 11) is 0. The van der Waals surface area contributed by atoms with Gasteiger partial charge in [-0.15, -0.1) is 0 Å². The average molecular weight is 292 g/mol. The molecule has 0 aromatic heterocycles. The van der Waals surface area contributed by atoms with Crippen LogP contribution in [0.2, 0.25) is 0 Å². The molecule has 1 N–H and O–H groups in total. The van der Waals surface area contributed by atoms with Crippen LogP contribution >= 0.6 is 11.8 Å². The number of nitrogens with zero attached hydrogens (tertiary/aromatic N) is 1. The summed E-state index contributed by atoms with van der Waals surface area (Å²) in [6, 6.07) is 8.89. The third-order valence-electron chi connectivity index (χ3n) is 4.61. The first-order chi connectivity index (χ1) is 9.74. The molecule has 0 saturated heterocycles. The summed E-state index contributed by atoms with van der Waals surface area (Å²) >= 11 is 1.95. The topological polar surface area (TPSA) is 15.3 Å². The third kappa shape index (κ3) is 3.50. The van der Waals surface area contributed by atoms with E-state index in [0.29, 0.717) is 0 Å². The molecule has 0 spiro atoms. The number of fused-ring (bicyclic) bond motifs is 1. The van der Waals surface area contributed by atoms with Crippen molar-refractivity contribution < 1.29 is 0 Å². The number of hydrogen-bond donors (Lipinski definition) is 1. The van der Waals surface area contributed by atoms with Crippen LogP contribution in [0, 0.1) is 0 Å². The van der Waals surface area contributed by atoms with E-state index < -0.39 is 0 Å². The van der Waals surface area contributed by atoms with E-state index in [1.54, 1.807) is 0 Å². The second-order valence-electron chi connectivity index (χ2n) is 5.74. The molecule has 0 aliphatic carbocycles. The minimum absolute atomic E-state index is 0.262. The normalized spacial score (nSPS) is 17.6. The maximum atomic E-state index is 3.82. The molecule has 3 heteroatoms. The van der Waals surface area contributed by atoms with Gasteiger partial charge >= 0.3 is 0 Å². The quantitative estimate of drug-likeness (QED) is 0.800. The minimum Gasteiger partial charge on any atom is -0.369 e. The van der Waals surface area contributed by atoms with Crippen molar-refractivity contribution in [1.29, 1.82) is 0 Å². The van der Waals surface area contributed by atoms with Crippen LogP contribution in [0.1, 0.15) is 38.7 Å². The second-order valence-corrected chi connectivity index (χ2v) is 6.72. The maximum Gasteiger partial charge on any atom is 0.0412 e. The van der Waals surface area contributed by atoms with Gasteiger partial charge in [-0.05, 0) is 42.9 Å². The fourth-order valence-corrected chi connectivity index (χ4v) is 3.50. The summed E-state index contributed by atoms with van der Waals surface area (Å²) in [5.41, 5.74) is 3.14. The van der Waals surface area contributed by atoms with Crippen molar-refractivity contribution in [2.75, 3.05) is 30.0 Å². The summed E-state index contributed by atoms with van der Waals surface area (Å²) in [5, 5.41) is 3.82. The number of hydrogen-bond acceptors (Lipinski definition) is 3. The number of nitrogens with one attached hydrogen (secondary N) is 1. The molecule has 1 aliphatic rings. The van der Waals surface area contributed by atoms with Crippen molar-refractivity contribution >= 4 is 17.4 Å². The first kappa shape index (κ1) is 15.7. The van der Waals surface area contributed by atoms with Crippen molar-refractivity contribution in [2.45, 2.75) is 45.2 Å². The van der Waals surface area contributed by atoms with Crippen LogP contribution in [0.4, 0.5) is 5.69 Å². The van der Waals surface area contributed by atoms with E-state index >= 15 is 0 Å². The second kappa shape index (κ2) is 7.37. The van der Waals surface area contributed by atoms with Crippen LogP contribution in [0.15, 0.2) is 24.3 Å². The Morgan fingerprint density at radius 2 is 2.00 bits per heavy atom. The minimum atomic E-state index is 0.262. The molecule has 1 heterocycles. The molecule has 0 fully saturated rings. The molecule has 0 bridgehead atoms. The predicted octanol–water partition coefficient (Wildman–Crippen LogP) is 3.91. The number of para-hydroxylation sites is 1. The van der Waals surface area contributed by atoms with Crippen LogP contribution in [0.25, 0.3) is 0 Å². The Bertz CT molecular complexity index is 415. The zero-order valence-electron chi connectivity index (χ0n) is 13.1. The molecule has 20 heavy (non-hydrogen) atoms. The van der Waals surface area contributed by atoms with Gasteiger partial charge in [0.2, 0.25) is 0 Å². The lowest BCUT2D eigenvalue weighted by molar-refractivity contribution is 0.307. The third-order valence-corrected chi connectivity index (χ3v) is 5.31. The van der Waals surface area contributed by atoms with Gasteiger partial charge in [-0.3, -0.25) is 0 Å². The largest absolute Gasteiger partial charge is 0.369 e. The highest BCUT2D eigenvalue weighted by atomic mass is 32.2. The molecule has 0 amide bonds. The summed E-state index contributed by atoms with van der Waals surface area (Å²) in [6.45, 7) is 7.92. The van der Waals surface area contributed by atoms with Gasteiger partial charge in [-0.1, -0.05) is 32.0 Å². The molecule has 1 aliphatic heterocycles. The molecular formula is C17H28N2S. The monoisotopic (exact) mass is 292 g/mol. The Labute approximate surface area is 128 Å². The van der Waals surface area contributed by atoms with Gasteiger partial charge in [0.05, 0.1) is 0 Å². The van der Waals surface area contributed by atoms with Gasteiger partial charge in [0.25, 0.3) is 0 Å². The average Bonchev–Trinajstić information content (AvgIpc) is 2.66. The highest BCUT2D eigenvalue weighted by Gasteiger charge is 2.31. The van der Waals surface area contributed by atoms with E-state index in [-0.39, 0.29) is 5.54 Å². The molecule has 2 rings (SSSR count). The molecular weight excluding hydrogens is 264 g/mol.